The standard InChI is InChI=1S/C10H16N2O2/c1-9(13-7-11)5-3-4-6-10(2)14-8-12/h9-10H,3-6H2,1-2H3. The maximum Gasteiger partial charge on any atom is 0.286 e. The van der Waals surface area contributed by atoms with Gasteiger partial charge in [0, 0.05) is 0 Å². The summed E-state index contributed by atoms with van der Waals surface area (Å²) < 4.78 is 9.44. The highest BCUT2D eigenvalue weighted by Gasteiger charge is 2.04. The Kier molecular flexibility index (Phi) is 7.36. The molecule has 0 spiro atoms. The van der Waals surface area contributed by atoms with Gasteiger partial charge in [-0.05, 0) is 39.5 Å². The molecule has 0 fully saturated rings. The molecule has 0 saturated heterocycles. The van der Waals surface area contributed by atoms with Crippen LogP contribution in [-0.2, 0) is 9.47 Å². The van der Waals surface area contributed by atoms with Crippen LogP contribution in [0.1, 0.15) is 39.5 Å². The smallest absolute Gasteiger partial charge is 0.286 e. The average molecular weight is 196 g/mol. The largest absolute Gasteiger partial charge is 0.424 e. The predicted octanol–water partition coefficient (Wildman–Crippen LogP) is 2.32. The van der Waals surface area contributed by atoms with Crippen molar-refractivity contribution in [1.82, 2.24) is 0 Å². The second-order valence-corrected chi connectivity index (χ2v) is 3.32. The van der Waals surface area contributed by atoms with Crippen LogP contribution in [-0.4, -0.2) is 12.2 Å². The highest BCUT2D eigenvalue weighted by Crippen LogP contribution is 2.09. The Morgan fingerprint density at radius 3 is 1.57 bits per heavy atom. The van der Waals surface area contributed by atoms with E-state index >= 15 is 0 Å². The van der Waals surface area contributed by atoms with Crippen molar-refractivity contribution in [2.75, 3.05) is 0 Å². The van der Waals surface area contributed by atoms with E-state index in [9.17, 15) is 0 Å². The minimum absolute atomic E-state index is 0.00723. The van der Waals surface area contributed by atoms with E-state index in [0.717, 1.165) is 25.7 Å². The zero-order valence-corrected chi connectivity index (χ0v) is 8.69. The lowest BCUT2D eigenvalue weighted by Crippen LogP contribution is -2.06. The van der Waals surface area contributed by atoms with Crippen molar-refractivity contribution in [1.29, 1.82) is 10.5 Å². The molecule has 2 atom stereocenters. The summed E-state index contributed by atoms with van der Waals surface area (Å²) in [4.78, 5) is 0. The number of nitriles is 2. The quantitative estimate of drug-likeness (QED) is 0.463. The number of ether oxygens (including phenoxy) is 2. The molecular formula is C10H16N2O2. The van der Waals surface area contributed by atoms with Gasteiger partial charge in [0.2, 0.25) is 0 Å². The molecule has 78 valence electrons. The molecule has 0 radical (unpaired) electrons. The normalized spacial score (nSPS) is 13.4. The Morgan fingerprint density at radius 1 is 0.929 bits per heavy atom. The third kappa shape index (κ3) is 7.24. The van der Waals surface area contributed by atoms with Crippen molar-refractivity contribution in [3.8, 4) is 12.5 Å². The highest BCUT2D eigenvalue weighted by molar-refractivity contribution is 4.61. The van der Waals surface area contributed by atoms with Gasteiger partial charge in [-0.1, -0.05) is 0 Å². The molecule has 0 saturated carbocycles. The molecule has 0 aromatic rings. The summed E-state index contributed by atoms with van der Waals surface area (Å²) in [6.07, 6.45) is 7.04. The van der Waals surface area contributed by atoms with Gasteiger partial charge in [-0.15, -0.1) is 0 Å². The molecule has 0 aliphatic carbocycles. The molecule has 0 bridgehead atoms. The maximum absolute atomic E-state index is 8.22. The molecular weight excluding hydrogens is 180 g/mol. The third-order valence-electron chi connectivity index (χ3n) is 1.98. The van der Waals surface area contributed by atoms with Crippen molar-refractivity contribution >= 4 is 0 Å². The lowest BCUT2D eigenvalue weighted by molar-refractivity contribution is 0.151. The molecule has 2 unspecified atom stereocenters. The summed E-state index contributed by atoms with van der Waals surface area (Å²) in [5.41, 5.74) is 0. The number of unbranched alkanes of at least 4 members (excludes halogenated alkanes) is 1. The Bertz CT molecular complexity index is 193. The van der Waals surface area contributed by atoms with Crippen molar-refractivity contribution in [3.63, 3.8) is 0 Å². The first-order valence-corrected chi connectivity index (χ1v) is 4.80. The van der Waals surface area contributed by atoms with Gasteiger partial charge in [0.15, 0.2) is 0 Å². The van der Waals surface area contributed by atoms with Crippen LogP contribution in [0.25, 0.3) is 0 Å². The van der Waals surface area contributed by atoms with Gasteiger partial charge in [0.1, 0.15) is 12.2 Å². The minimum Gasteiger partial charge on any atom is -0.424 e. The van der Waals surface area contributed by atoms with E-state index in [1.54, 1.807) is 12.5 Å². The van der Waals surface area contributed by atoms with Crippen LogP contribution in [0.15, 0.2) is 0 Å². The topological polar surface area (TPSA) is 66.0 Å². The summed E-state index contributed by atoms with van der Waals surface area (Å²) >= 11 is 0. The molecule has 4 heteroatoms. The molecule has 0 aliphatic rings. The Labute approximate surface area is 85.0 Å². The maximum atomic E-state index is 8.22. The van der Waals surface area contributed by atoms with E-state index in [0.29, 0.717) is 0 Å². The molecule has 0 heterocycles. The summed E-state index contributed by atoms with van der Waals surface area (Å²) in [6.45, 7) is 3.75. The van der Waals surface area contributed by atoms with Crippen molar-refractivity contribution in [2.45, 2.75) is 51.7 Å². The molecule has 0 amide bonds. The van der Waals surface area contributed by atoms with Crippen LogP contribution < -0.4 is 0 Å². The van der Waals surface area contributed by atoms with Gasteiger partial charge < -0.3 is 9.47 Å². The highest BCUT2D eigenvalue weighted by atomic mass is 16.5. The second-order valence-electron chi connectivity index (χ2n) is 3.32. The molecule has 4 nitrogen and oxygen atoms in total. The van der Waals surface area contributed by atoms with Crippen molar-refractivity contribution in [3.05, 3.63) is 0 Å². The van der Waals surface area contributed by atoms with Gasteiger partial charge in [0.05, 0.1) is 0 Å². The monoisotopic (exact) mass is 196 g/mol. The van der Waals surface area contributed by atoms with Crippen LogP contribution >= 0.6 is 0 Å². The van der Waals surface area contributed by atoms with E-state index in [2.05, 4.69) is 0 Å². The Balaban J connectivity index is 3.30. The van der Waals surface area contributed by atoms with E-state index in [4.69, 9.17) is 20.0 Å². The number of hydrogen-bond acceptors (Lipinski definition) is 4. The Morgan fingerprint density at radius 2 is 1.29 bits per heavy atom. The molecule has 0 rings (SSSR count). The fourth-order valence-electron chi connectivity index (χ4n) is 1.16. The van der Waals surface area contributed by atoms with Gasteiger partial charge in [-0.2, -0.15) is 10.5 Å². The first kappa shape index (κ1) is 12.6. The first-order chi connectivity index (χ1) is 6.70. The van der Waals surface area contributed by atoms with Crippen LogP contribution in [0.5, 0.6) is 0 Å². The third-order valence-corrected chi connectivity index (χ3v) is 1.98. The first-order valence-electron chi connectivity index (χ1n) is 4.80. The lowest BCUT2D eigenvalue weighted by Gasteiger charge is -2.09. The predicted molar refractivity (Wildman–Crippen MR) is 50.8 cm³/mol. The van der Waals surface area contributed by atoms with Gasteiger partial charge in [0.25, 0.3) is 12.5 Å². The van der Waals surface area contributed by atoms with Crippen LogP contribution in [0.2, 0.25) is 0 Å². The number of hydrogen-bond donors (Lipinski definition) is 0. The van der Waals surface area contributed by atoms with E-state index in [1.807, 2.05) is 13.8 Å². The zero-order valence-electron chi connectivity index (χ0n) is 8.69. The van der Waals surface area contributed by atoms with E-state index in [-0.39, 0.29) is 12.2 Å². The van der Waals surface area contributed by atoms with Crippen LogP contribution in [0, 0.1) is 23.0 Å². The van der Waals surface area contributed by atoms with Crippen LogP contribution in [0.3, 0.4) is 0 Å². The molecule has 0 N–H and O–H groups in total. The fourth-order valence-corrected chi connectivity index (χ4v) is 1.16. The summed E-state index contributed by atoms with van der Waals surface area (Å²) in [7, 11) is 0. The second kappa shape index (κ2) is 8.19. The molecule has 0 aromatic heterocycles. The fraction of sp³-hybridized carbons (Fsp3) is 0.800. The van der Waals surface area contributed by atoms with Crippen molar-refractivity contribution < 1.29 is 9.47 Å². The molecule has 0 aliphatic heterocycles. The van der Waals surface area contributed by atoms with E-state index < -0.39 is 0 Å². The zero-order chi connectivity index (χ0) is 10.8. The average Bonchev–Trinajstić information content (AvgIpc) is 2.13. The van der Waals surface area contributed by atoms with Crippen molar-refractivity contribution in [2.24, 2.45) is 0 Å². The summed E-state index contributed by atoms with van der Waals surface area (Å²) in [5.74, 6) is 0. The molecule has 14 heavy (non-hydrogen) atoms. The molecule has 0 aromatic carbocycles. The number of nitrogens with zero attached hydrogens (tertiary/aromatic N) is 2. The van der Waals surface area contributed by atoms with Crippen LogP contribution in [0.4, 0.5) is 0 Å². The summed E-state index contributed by atoms with van der Waals surface area (Å²) in [5, 5.41) is 16.4. The van der Waals surface area contributed by atoms with E-state index in [1.165, 1.54) is 0 Å². The summed E-state index contributed by atoms with van der Waals surface area (Å²) in [6, 6.07) is 0. The minimum atomic E-state index is -0.00723. The number of rotatable bonds is 7. The van der Waals surface area contributed by atoms with Gasteiger partial charge >= 0.3 is 0 Å². The van der Waals surface area contributed by atoms with Gasteiger partial charge in [-0.3, -0.25) is 0 Å². The Hall–Kier alpha value is -1.42. The SMILES string of the molecule is CC(CCCCC(C)OC#N)OC#N. The van der Waals surface area contributed by atoms with Gasteiger partial charge in [-0.25, -0.2) is 0 Å². The lowest BCUT2D eigenvalue weighted by atomic mass is 10.1.